The van der Waals surface area contributed by atoms with Crippen LogP contribution in [0.3, 0.4) is 0 Å². The summed E-state index contributed by atoms with van der Waals surface area (Å²) in [6.45, 7) is 2.91. The maximum atomic E-state index is 12.0. The lowest BCUT2D eigenvalue weighted by Gasteiger charge is -2.08. The van der Waals surface area contributed by atoms with E-state index in [1.807, 2.05) is 12.1 Å². The van der Waals surface area contributed by atoms with Crippen LogP contribution in [0, 0.1) is 0 Å². The van der Waals surface area contributed by atoms with E-state index in [9.17, 15) is 4.79 Å². The van der Waals surface area contributed by atoms with E-state index >= 15 is 0 Å². The van der Waals surface area contributed by atoms with Gasteiger partial charge in [-0.05, 0) is 42.5 Å². The monoisotopic (exact) mass is 262 g/mol. The average Bonchev–Trinajstić information content (AvgIpc) is 2.89. The largest absolute Gasteiger partial charge is 0.383 e. The second-order valence-electron chi connectivity index (χ2n) is 4.84. The van der Waals surface area contributed by atoms with Gasteiger partial charge < -0.3 is 15.4 Å². The van der Waals surface area contributed by atoms with Crippen molar-refractivity contribution in [2.75, 3.05) is 33.4 Å². The maximum absolute atomic E-state index is 12.0. The van der Waals surface area contributed by atoms with Gasteiger partial charge in [-0.15, -0.1) is 0 Å². The number of ether oxygens (including phenoxy) is 1. The first-order chi connectivity index (χ1) is 9.31. The van der Waals surface area contributed by atoms with Crippen LogP contribution < -0.4 is 10.6 Å². The molecule has 19 heavy (non-hydrogen) atoms. The highest BCUT2D eigenvalue weighted by Crippen LogP contribution is 2.22. The zero-order chi connectivity index (χ0) is 13.5. The van der Waals surface area contributed by atoms with E-state index in [2.05, 4.69) is 16.7 Å². The van der Waals surface area contributed by atoms with Crippen molar-refractivity contribution in [1.29, 1.82) is 0 Å². The third-order valence-electron chi connectivity index (χ3n) is 3.43. The average molecular weight is 262 g/mol. The normalized spacial score (nSPS) is 13.3. The van der Waals surface area contributed by atoms with Crippen LogP contribution in [0.1, 0.15) is 27.9 Å². The molecular formula is C15H22N2O2. The lowest BCUT2D eigenvalue weighted by Crippen LogP contribution is -2.33. The van der Waals surface area contributed by atoms with Crippen LogP contribution in [-0.4, -0.2) is 39.3 Å². The molecular weight excluding hydrogens is 240 g/mol. The van der Waals surface area contributed by atoms with Gasteiger partial charge in [0, 0.05) is 32.3 Å². The van der Waals surface area contributed by atoms with E-state index < -0.39 is 0 Å². The molecule has 0 heterocycles. The number of carbonyl (C=O) groups is 1. The Morgan fingerprint density at radius 2 is 2.05 bits per heavy atom. The van der Waals surface area contributed by atoms with Gasteiger partial charge in [-0.25, -0.2) is 0 Å². The maximum Gasteiger partial charge on any atom is 0.251 e. The molecule has 1 aliphatic carbocycles. The van der Waals surface area contributed by atoms with Crippen molar-refractivity contribution in [2.45, 2.75) is 19.3 Å². The summed E-state index contributed by atoms with van der Waals surface area (Å²) in [4.78, 5) is 12.0. The summed E-state index contributed by atoms with van der Waals surface area (Å²) in [5, 5.41) is 6.12. The molecule has 0 unspecified atom stereocenters. The summed E-state index contributed by atoms with van der Waals surface area (Å²) in [6.07, 6.45) is 3.47. The van der Waals surface area contributed by atoms with Crippen molar-refractivity contribution in [1.82, 2.24) is 10.6 Å². The fourth-order valence-electron chi connectivity index (χ4n) is 2.38. The predicted molar refractivity (Wildman–Crippen MR) is 75.5 cm³/mol. The van der Waals surface area contributed by atoms with Gasteiger partial charge in [0.2, 0.25) is 0 Å². The molecule has 1 amide bonds. The van der Waals surface area contributed by atoms with Crippen molar-refractivity contribution < 1.29 is 9.53 Å². The molecule has 1 aromatic carbocycles. The number of nitrogens with one attached hydrogen (secondary N) is 2. The zero-order valence-electron chi connectivity index (χ0n) is 11.5. The topological polar surface area (TPSA) is 50.4 Å². The molecule has 0 aliphatic heterocycles. The van der Waals surface area contributed by atoms with Gasteiger partial charge in [-0.2, -0.15) is 0 Å². The zero-order valence-corrected chi connectivity index (χ0v) is 11.5. The Hall–Kier alpha value is -1.39. The molecule has 0 aromatic heterocycles. The number of hydrogen-bond donors (Lipinski definition) is 2. The number of methoxy groups -OCH3 is 1. The minimum Gasteiger partial charge on any atom is -0.383 e. The minimum atomic E-state index is 0.0169. The Balaban J connectivity index is 1.74. The summed E-state index contributed by atoms with van der Waals surface area (Å²) in [7, 11) is 1.68. The number of fused-ring (bicyclic) bond motifs is 1. The molecule has 0 radical (unpaired) electrons. The first-order valence-corrected chi connectivity index (χ1v) is 6.91. The predicted octanol–water partition coefficient (Wildman–Crippen LogP) is 1.14. The van der Waals surface area contributed by atoms with E-state index in [0.29, 0.717) is 13.2 Å². The summed E-state index contributed by atoms with van der Waals surface area (Å²) in [5.74, 6) is 0.0169. The van der Waals surface area contributed by atoms with Crippen LogP contribution in [0.4, 0.5) is 0 Å². The molecule has 0 bridgehead atoms. The Bertz CT molecular complexity index is 432. The smallest absolute Gasteiger partial charge is 0.251 e. The third-order valence-corrected chi connectivity index (χ3v) is 3.43. The van der Waals surface area contributed by atoms with E-state index in [1.165, 1.54) is 17.5 Å². The van der Waals surface area contributed by atoms with E-state index in [0.717, 1.165) is 31.5 Å². The number of aryl methyl sites for hydroxylation is 2. The first kappa shape index (κ1) is 14.0. The summed E-state index contributed by atoms with van der Waals surface area (Å²) < 4.78 is 4.93. The highest BCUT2D eigenvalue weighted by atomic mass is 16.5. The Labute approximate surface area is 114 Å². The van der Waals surface area contributed by atoms with Crippen molar-refractivity contribution in [3.8, 4) is 0 Å². The molecule has 2 rings (SSSR count). The van der Waals surface area contributed by atoms with Crippen molar-refractivity contribution in [2.24, 2.45) is 0 Å². The third kappa shape index (κ3) is 4.04. The molecule has 4 heteroatoms. The van der Waals surface area contributed by atoms with Gasteiger partial charge in [0.25, 0.3) is 5.91 Å². The van der Waals surface area contributed by atoms with Crippen LogP contribution in [-0.2, 0) is 17.6 Å². The number of carbonyl (C=O) groups excluding carboxylic acids is 1. The van der Waals surface area contributed by atoms with Gasteiger partial charge in [-0.3, -0.25) is 4.79 Å². The lowest BCUT2D eigenvalue weighted by molar-refractivity contribution is 0.0953. The molecule has 0 atom stereocenters. The molecule has 1 aliphatic rings. The molecule has 4 nitrogen and oxygen atoms in total. The van der Waals surface area contributed by atoms with Crippen LogP contribution in [0.5, 0.6) is 0 Å². The fraction of sp³-hybridized carbons (Fsp3) is 0.533. The molecule has 0 saturated heterocycles. The minimum absolute atomic E-state index is 0.0169. The second kappa shape index (κ2) is 7.26. The molecule has 0 spiro atoms. The summed E-state index contributed by atoms with van der Waals surface area (Å²) in [6, 6.07) is 6.06. The standard InChI is InChI=1S/C15H22N2O2/c1-19-10-9-16-7-8-17-15(18)14-6-5-12-3-2-4-13(12)11-14/h5-6,11,16H,2-4,7-10H2,1H3,(H,17,18). The van der Waals surface area contributed by atoms with Gasteiger partial charge in [0.05, 0.1) is 6.61 Å². The molecule has 0 saturated carbocycles. The van der Waals surface area contributed by atoms with Crippen LogP contribution in [0.25, 0.3) is 0 Å². The van der Waals surface area contributed by atoms with Crippen molar-refractivity contribution in [3.05, 3.63) is 34.9 Å². The van der Waals surface area contributed by atoms with Gasteiger partial charge in [-0.1, -0.05) is 6.07 Å². The molecule has 104 valence electrons. The number of benzene rings is 1. The number of amides is 1. The first-order valence-electron chi connectivity index (χ1n) is 6.91. The van der Waals surface area contributed by atoms with Crippen LogP contribution in [0.2, 0.25) is 0 Å². The Kier molecular flexibility index (Phi) is 5.36. The SMILES string of the molecule is COCCNCCNC(=O)c1ccc2c(c1)CCC2. The van der Waals surface area contributed by atoms with Crippen LogP contribution >= 0.6 is 0 Å². The van der Waals surface area contributed by atoms with Gasteiger partial charge >= 0.3 is 0 Å². The molecule has 0 fully saturated rings. The summed E-state index contributed by atoms with van der Waals surface area (Å²) >= 11 is 0. The molecule has 1 aromatic rings. The van der Waals surface area contributed by atoms with E-state index in [4.69, 9.17) is 4.74 Å². The molecule has 2 N–H and O–H groups in total. The Morgan fingerprint density at radius 1 is 1.21 bits per heavy atom. The van der Waals surface area contributed by atoms with Crippen LogP contribution in [0.15, 0.2) is 18.2 Å². The number of rotatable bonds is 7. The fourth-order valence-corrected chi connectivity index (χ4v) is 2.38. The summed E-state index contributed by atoms with van der Waals surface area (Å²) in [5.41, 5.74) is 3.51. The van der Waals surface area contributed by atoms with E-state index in [1.54, 1.807) is 7.11 Å². The van der Waals surface area contributed by atoms with E-state index in [-0.39, 0.29) is 5.91 Å². The quantitative estimate of drug-likeness (QED) is 0.725. The highest BCUT2D eigenvalue weighted by Gasteiger charge is 2.13. The lowest BCUT2D eigenvalue weighted by atomic mass is 10.1. The second-order valence-corrected chi connectivity index (χ2v) is 4.84. The van der Waals surface area contributed by atoms with Crippen molar-refractivity contribution >= 4 is 5.91 Å². The number of hydrogen-bond acceptors (Lipinski definition) is 3. The van der Waals surface area contributed by atoms with Gasteiger partial charge in [0.15, 0.2) is 0 Å². The van der Waals surface area contributed by atoms with Gasteiger partial charge in [0.1, 0.15) is 0 Å². The highest BCUT2D eigenvalue weighted by molar-refractivity contribution is 5.94. The van der Waals surface area contributed by atoms with Crippen molar-refractivity contribution in [3.63, 3.8) is 0 Å². The Morgan fingerprint density at radius 3 is 2.89 bits per heavy atom.